The van der Waals surface area contributed by atoms with Gasteiger partial charge in [0, 0.05) is 25.2 Å². The van der Waals surface area contributed by atoms with E-state index in [2.05, 4.69) is 40.3 Å². The van der Waals surface area contributed by atoms with E-state index in [-0.39, 0.29) is 81.1 Å². The quantitative estimate of drug-likeness (QED) is 0.148. The van der Waals surface area contributed by atoms with Gasteiger partial charge >= 0.3 is 58.3 Å². The first-order valence-corrected chi connectivity index (χ1v) is 10.1. The van der Waals surface area contributed by atoms with Crippen LogP contribution in [0.4, 0.5) is 22.7 Å². The molecule has 0 saturated carbocycles. The van der Waals surface area contributed by atoms with Crippen molar-refractivity contribution in [1.29, 1.82) is 0 Å². The minimum Gasteiger partial charge on any atom is -0.871 e. The van der Waals surface area contributed by atoms with E-state index in [1.165, 1.54) is 13.8 Å². The molecule has 0 amide bonds. The summed E-state index contributed by atoms with van der Waals surface area (Å²) >= 11 is 0. The van der Waals surface area contributed by atoms with Gasteiger partial charge in [-0.25, -0.2) is 0 Å². The second kappa shape index (κ2) is 15.0. The number of allylic oxidation sites excluding steroid dienone is 2. The molecule has 0 aliphatic carbocycles. The van der Waals surface area contributed by atoms with Crippen molar-refractivity contribution < 1.29 is 76.9 Å². The summed E-state index contributed by atoms with van der Waals surface area (Å²) in [6.07, 6.45) is 0. The van der Waals surface area contributed by atoms with Gasteiger partial charge < -0.3 is 51.7 Å². The SMILES string of the molecule is CC1=[N+]=NC([O-])=C1N=Nc1ccc(N([O-])[O-])cc1[O-].CC1=[N+]=NC([O-])=C1N=Nc1ccc(N([O-])[O-])cc1[O-].[Cr+3].[Na+]. The molecule has 0 atom stereocenters. The maximum Gasteiger partial charge on any atom is 3.00 e. The van der Waals surface area contributed by atoms with Gasteiger partial charge in [-0.05, 0) is 36.4 Å². The Morgan fingerprint density at radius 1 is 0.625 bits per heavy atom. The van der Waals surface area contributed by atoms with E-state index in [4.69, 9.17) is 0 Å². The molecular weight excluding hydrogens is 583 g/mol. The van der Waals surface area contributed by atoms with Crippen molar-refractivity contribution in [3.8, 4) is 11.5 Å². The Hall–Kier alpha value is -3.95. The molecule has 0 aromatic heterocycles. The van der Waals surface area contributed by atoms with Crippen LogP contribution in [0.5, 0.6) is 11.5 Å². The third-order valence-electron chi connectivity index (χ3n) is 4.50. The molecule has 2 aliphatic rings. The van der Waals surface area contributed by atoms with Crippen LogP contribution in [-0.4, -0.2) is 21.0 Å². The van der Waals surface area contributed by atoms with E-state index in [0.717, 1.165) is 36.4 Å². The number of benzene rings is 2. The van der Waals surface area contributed by atoms with Crippen molar-refractivity contribution >= 4 is 34.2 Å². The van der Waals surface area contributed by atoms with Crippen LogP contribution in [0, 0.1) is 20.8 Å². The number of hydrogen-bond acceptors (Lipinski definition) is 16. The second-order valence-corrected chi connectivity index (χ2v) is 7.10. The van der Waals surface area contributed by atoms with E-state index in [1.54, 1.807) is 0 Å². The Bertz CT molecular complexity index is 1410. The predicted molar refractivity (Wildman–Crippen MR) is 120 cm³/mol. The minimum atomic E-state index is -0.687. The summed E-state index contributed by atoms with van der Waals surface area (Å²) < 4.78 is 0. The maximum atomic E-state index is 11.5. The smallest absolute Gasteiger partial charge is 0.871 e. The van der Waals surface area contributed by atoms with Gasteiger partial charge in [-0.3, -0.25) is 0 Å². The predicted octanol–water partition coefficient (Wildman–Crippen LogP) is -2.38. The molecule has 2 aliphatic heterocycles. The van der Waals surface area contributed by atoms with Crippen molar-refractivity contribution in [2.45, 2.75) is 13.8 Å². The first kappa shape index (κ1) is 34.1. The molecule has 2 heterocycles. The molecule has 0 unspecified atom stereocenters. The van der Waals surface area contributed by atoms with Gasteiger partial charge in [-0.2, -0.15) is 10.2 Å². The molecule has 20 heteroatoms. The summed E-state index contributed by atoms with van der Waals surface area (Å²) in [6, 6.07) is 6.24. The van der Waals surface area contributed by atoms with Crippen LogP contribution in [0.2, 0.25) is 0 Å². The molecule has 18 nitrogen and oxygen atoms in total. The van der Waals surface area contributed by atoms with Crippen LogP contribution in [0.1, 0.15) is 13.8 Å². The first-order valence-electron chi connectivity index (χ1n) is 10.1. The van der Waals surface area contributed by atoms with Crippen LogP contribution in [-0.2, 0) is 17.4 Å². The van der Waals surface area contributed by atoms with Gasteiger partial charge in [0.15, 0.2) is 11.4 Å². The van der Waals surface area contributed by atoms with E-state index < -0.39 is 33.7 Å². The monoisotopic (exact) mass is 595 g/mol. The molecule has 4 rings (SSSR count). The van der Waals surface area contributed by atoms with E-state index >= 15 is 0 Å². The fraction of sp³-hybridized carbons (Fsp3) is 0.100. The standard InChI is InChI=1S/2C10H7N5O4.Cr.Na/c2*1-5-9(10(17)14-11-5)13-12-7-3-2-6(15(18)19)4-8(7)16;;/h2*2-4,16H,1H3;;/q2*-2;+3;+1/p-2. The molecular formula is C20H12CrN10NaO8-2. The number of hydrogen-bond donors (Lipinski definition) is 0. The van der Waals surface area contributed by atoms with Gasteiger partial charge in [0.25, 0.3) is 0 Å². The van der Waals surface area contributed by atoms with Gasteiger partial charge in [-0.15, -0.1) is 10.2 Å². The Balaban J connectivity index is 0.000000381. The van der Waals surface area contributed by atoms with Gasteiger partial charge in [0.1, 0.15) is 22.0 Å². The van der Waals surface area contributed by atoms with Crippen molar-refractivity contribution in [1.82, 2.24) is 0 Å². The second-order valence-electron chi connectivity index (χ2n) is 7.10. The Kier molecular flexibility index (Phi) is 12.8. The number of anilines is 2. The molecule has 0 fully saturated rings. The topological polar surface area (TPSA) is 293 Å². The average Bonchev–Trinajstić information content (AvgIpc) is 3.37. The largest absolute Gasteiger partial charge is 3.00 e. The Morgan fingerprint density at radius 2 is 0.975 bits per heavy atom. The number of nitrogens with zero attached hydrogens (tertiary/aromatic N) is 10. The van der Waals surface area contributed by atoms with Crippen molar-refractivity contribution in [2.75, 3.05) is 10.5 Å². The van der Waals surface area contributed by atoms with Crippen LogP contribution in [0.3, 0.4) is 0 Å². The van der Waals surface area contributed by atoms with Crippen molar-refractivity contribution in [3.05, 3.63) is 80.4 Å². The molecule has 1 radical (unpaired) electrons. The summed E-state index contributed by atoms with van der Waals surface area (Å²) in [7, 11) is 0. The average molecular weight is 595 g/mol. The zero-order valence-corrected chi connectivity index (χ0v) is 23.9. The maximum absolute atomic E-state index is 11.5. The molecule has 0 bridgehead atoms. The summed E-state index contributed by atoms with van der Waals surface area (Å²) in [5, 5.41) is 107. The summed E-state index contributed by atoms with van der Waals surface area (Å²) in [5.41, 5.74) is -0.402. The molecule has 2 aromatic carbocycles. The molecule has 2 aromatic rings. The van der Waals surface area contributed by atoms with Crippen LogP contribution in [0.15, 0.2) is 90.2 Å². The number of azo groups is 2. The minimum absolute atomic E-state index is 0. The van der Waals surface area contributed by atoms with Crippen molar-refractivity contribution in [3.63, 3.8) is 0 Å². The van der Waals surface area contributed by atoms with E-state index in [9.17, 15) is 41.3 Å². The fourth-order valence-electron chi connectivity index (χ4n) is 2.58. The van der Waals surface area contributed by atoms with Crippen LogP contribution in [0.25, 0.3) is 0 Å². The molecule has 199 valence electrons. The zero-order chi connectivity index (χ0) is 28.0. The summed E-state index contributed by atoms with van der Waals surface area (Å²) in [5.74, 6) is -2.60. The number of rotatable bonds is 6. The van der Waals surface area contributed by atoms with Gasteiger partial charge in [0.05, 0.1) is 21.0 Å². The Morgan fingerprint density at radius 3 is 1.23 bits per heavy atom. The molecule has 0 N–H and O–H groups in total. The summed E-state index contributed by atoms with van der Waals surface area (Å²) in [6.45, 7) is 3.05. The third kappa shape index (κ3) is 8.53. The van der Waals surface area contributed by atoms with Crippen molar-refractivity contribution in [2.24, 2.45) is 30.7 Å². The first-order chi connectivity index (χ1) is 18.0. The summed E-state index contributed by atoms with van der Waals surface area (Å²) in [4.78, 5) is 7.01. The molecule has 0 saturated heterocycles. The van der Waals surface area contributed by atoms with E-state index in [0.29, 0.717) is 11.4 Å². The van der Waals surface area contributed by atoms with Gasteiger partial charge in [-0.1, -0.05) is 11.5 Å². The fourth-order valence-corrected chi connectivity index (χ4v) is 2.58. The zero-order valence-electron chi connectivity index (χ0n) is 20.6. The van der Waals surface area contributed by atoms with E-state index in [1.807, 2.05) is 0 Å². The normalized spacial score (nSPS) is 13.7. The van der Waals surface area contributed by atoms with Crippen LogP contribution >= 0.6 is 0 Å². The van der Waals surface area contributed by atoms with Gasteiger partial charge in [0.2, 0.25) is 0 Å². The molecule has 40 heavy (non-hydrogen) atoms. The molecule has 0 spiro atoms. The Labute approximate surface area is 256 Å². The third-order valence-corrected chi connectivity index (χ3v) is 4.50. The van der Waals surface area contributed by atoms with Crippen LogP contribution < -0.4 is 60.4 Å².